The zero-order chi connectivity index (χ0) is 35.7. The van der Waals surface area contributed by atoms with Crippen molar-refractivity contribution in [1.82, 2.24) is 20.9 Å². The van der Waals surface area contributed by atoms with Gasteiger partial charge >= 0.3 is 12.1 Å². The van der Waals surface area contributed by atoms with Crippen molar-refractivity contribution in [2.45, 2.75) is 97.0 Å². The SMILES string of the molecule is CC(C)(C)OC(=O)Nc1nc(/C(=N/OC(C)(C)C(=O)OC(C)(C)C)C(=O)N[C@@H]2C(=O)N[C@@H]2CNC[C@@H](O)COCc2ccccc2)cs1. The van der Waals surface area contributed by atoms with Gasteiger partial charge in [0, 0.05) is 18.5 Å². The number of amides is 3. The molecule has 1 aromatic heterocycles. The molecule has 0 bridgehead atoms. The van der Waals surface area contributed by atoms with Crippen LogP contribution in [0.4, 0.5) is 9.93 Å². The van der Waals surface area contributed by atoms with E-state index in [1.165, 1.54) is 19.2 Å². The predicted octanol–water partition coefficient (Wildman–Crippen LogP) is 2.48. The second kappa shape index (κ2) is 16.3. The first kappa shape index (κ1) is 38.3. The number of oxime groups is 1. The second-order valence-electron chi connectivity index (χ2n) is 13.6. The number of aliphatic hydroxyl groups is 1. The van der Waals surface area contributed by atoms with Crippen LogP contribution in [0.25, 0.3) is 0 Å². The molecule has 2 heterocycles. The minimum absolute atomic E-state index is 0.0107. The van der Waals surface area contributed by atoms with Gasteiger partial charge in [0.05, 0.1) is 25.4 Å². The van der Waals surface area contributed by atoms with Gasteiger partial charge in [0.15, 0.2) is 10.8 Å². The lowest BCUT2D eigenvalue weighted by atomic mass is 9.98. The molecule has 5 N–H and O–H groups in total. The Balaban J connectivity index is 1.66. The standard InChI is InChI=1S/C32H46N6O9S/c1-30(2,3)45-27(42)32(7,8)47-38-24(22-18-48-28(35-22)37-29(43)46-31(4,5)6)26(41)36-23-21(34-25(23)40)15-33-14-20(39)17-44-16-19-12-10-9-11-13-19/h9-13,18,20-21,23,33,39H,14-17H2,1-8H3,(H,34,40)(H,36,41)(H,35,37,43)/b38-24-/t20-,21-,23+/m1/s1. The summed E-state index contributed by atoms with van der Waals surface area (Å²) < 4.78 is 16.2. The smallest absolute Gasteiger partial charge is 0.413 e. The van der Waals surface area contributed by atoms with E-state index >= 15 is 0 Å². The maximum atomic E-state index is 13.5. The Hall–Kier alpha value is -4.12. The van der Waals surface area contributed by atoms with Crippen LogP contribution in [0.5, 0.6) is 0 Å². The number of nitrogens with one attached hydrogen (secondary N) is 4. The number of rotatable bonds is 15. The van der Waals surface area contributed by atoms with Gasteiger partial charge in [-0.25, -0.2) is 14.6 Å². The fraction of sp³-hybridized carbons (Fsp3) is 0.562. The van der Waals surface area contributed by atoms with Crippen LogP contribution >= 0.6 is 11.3 Å². The van der Waals surface area contributed by atoms with Crippen LogP contribution in [-0.2, 0) is 40.0 Å². The zero-order valence-corrected chi connectivity index (χ0v) is 29.4. The van der Waals surface area contributed by atoms with Gasteiger partial charge in [0.1, 0.15) is 22.9 Å². The average molecular weight is 691 g/mol. The summed E-state index contributed by atoms with van der Waals surface area (Å²) in [5.74, 6) is -1.97. The summed E-state index contributed by atoms with van der Waals surface area (Å²) in [5, 5.41) is 26.8. The molecule has 0 saturated carbocycles. The lowest BCUT2D eigenvalue weighted by Gasteiger charge is -2.37. The molecule has 264 valence electrons. The van der Waals surface area contributed by atoms with E-state index in [0.29, 0.717) is 6.61 Å². The normalized spacial score (nSPS) is 17.4. The van der Waals surface area contributed by atoms with E-state index in [1.807, 2.05) is 30.3 Å². The third-order valence-corrected chi connectivity index (χ3v) is 7.05. The van der Waals surface area contributed by atoms with Crippen LogP contribution in [0.1, 0.15) is 66.6 Å². The summed E-state index contributed by atoms with van der Waals surface area (Å²) in [6.45, 7) is 14.0. The molecule has 1 saturated heterocycles. The van der Waals surface area contributed by atoms with Crippen molar-refractivity contribution < 1.29 is 43.3 Å². The number of ether oxygens (including phenoxy) is 3. The van der Waals surface area contributed by atoms with Crippen molar-refractivity contribution in [2.75, 3.05) is 25.0 Å². The molecule has 3 atom stereocenters. The van der Waals surface area contributed by atoms with E-state index in [0.717, 1.165) is 16.9 Å². The maximum absolute atomic E-state index is 13.5. The van der Waals surface area contributed by atoms with Crippen LogP contribution in [0.2, 0.25) is 0 Å². The number of carbonyl (C=O) groups is 4. The summed E-state index contributed by atoms with van der Waals surface area (Å²) in [6.07, 6.45) is -1.54. The van der Waals surface area contributed by atoms with E-state index in [-0.39, 0.29) is 36.2 Å². The Labute approximate surface area is 284 Å². The minimum Gasteiger partial charge on any atom is -0.457 e. The number of nitrogens with zero attached hydrogens (tertiary/aromatic N) is 2. The molecular formula is C32H46N6O9S. The molecule has 48 heavy (non-hydrogen) atoms. The number of benzene rings is 1. The molecule has 16 heteroatoms. The largest absolute Gasteiger partial charge is 0.457 e. The Bertz CT molecular complexity index is 1450. The van der Waals surface area contributed by atoms with Gasteiger partial charge in [0.2, 0.25) is 11.5 Å². The van der Waals surface area contributed by atoms with E-state index in [4.69, 9.17) is 19.0 Å². The summed E-state index contributed by atoms with van der Waals surface area (Å²) in [5.41, 5.74) is -2.50. The Morgan fingerprint density at radius 1 is 1.04 bits per heavy atom. The number of anilines is 1. The summed E-state index contributed by atoms with van der Waals surface area (Å²) in [7, 11) is 0. The van der Waals surface area contributed by atoms with Gasteiger partial charge in [-0.05, 0) is 61.0 Å². The number of hydrogen-bond acceptors (Lipinski definition) is 13. The molecule has 1 fully saturated rings. The van der Waals surface area contributed by atoms with Crippen molar-refractivity contribution in [3.05, 3.63) is 47.0 Å². The Morgan fingerprint density at radius 3 is 2.33 bits per heavy atom. The monoisotopic (exact) mass is 690 g/mol. The van der Waals surface area contributed by atoms with Crippen LogP contribution in [0.15, 0.2) is 40.9 Å². The van der Waals surface area contributed by atoms with E-state index in [2.05, 4.69) is 31.4 Å². The van der Waals surface area contributed by atoms with Gasteiger partial charge in [-0.3, -0.25) is 14.9 Å². The van der Waals surface area contributed by atoms with Gasteiger partial charge in [0.25, 0.3) is 5.91 Å². The van der Waals surface area contributed by atoms with E-state index in [1.54, 1.807) is 41.5 Å². The highest BCUT2D eigenvalue weighted by Crippen LogP contribution is 2.21. The number of esters is 1. The molecule has 0 unspecified atom stereocenters. The van der Waals surface area contributed by atoms with E-state index in [9.17, 15) is 24.3 Å². The number of aliphatic hydroxyl groups excluding tert-OH is 1. The predicted molar refractivity (Wildman–Crippen MR) is 178 cm³/mol. The highest BCUT2D eigenvalue weighted by Gasteiger charge is 2.41. The van der Waals surface area contributed by atoms with Gasteiger partial charge in [-0.15, -0.1) is 11.3 Å². The van der Waals surface area contributed by atoms with Crippen molar-refractivity contribution in [3.8, 4) is 0 Å². The van der Waals surface area contributed by atoms with Crippen molar-refractivity contribution in [2.24, 2.45) is 5.16 Å². The number of hydrogen-bond donors (Lipinski definition) is 5. The van der Waals surface area contributed by atoms with Crippen LogP contribution in [0.3, 0.4) is 0 Å². The quantitative estimate of drug-likeness (QED) is 0.0796. The highest BCUT2D eigenvalue weighted by atomic mass is 32.1. The molecule has 1 aliphatic rings. The second-order valence-corrected chi connectivity index (χ2v) is 14.4. The molecule has 0 radical (unpaired) electrons. The molecule has 15 nitrogen and oxygen atoms in total. The minimum atomic E-state index is -1.60. The molecular weight excluding hydrogens is 644 g/mol. The van der Waals surface area contributed by atoms with Gasteiger partial charge in [-0.1, -0.05) is 35.5 Å². The fourth-order valence-corrected chi connectivity index (χ4v) is 4.65. The average Bonchev–Trinajstić information content (AvgIpc) is 3.41. The van der Waals surface area contributed by atoms with Crippen LogP contribution in [-0.4, -0.2) is 94.4 Å². The number of β-lactam (4-membered cyclic amide) rings is 1. The highest BCUT2D eigenvalue weighted by molar-refractivity contribution is 7.14. The van der Waals surface area contributed by atoms with Crippen molar-refractivity contribution in [1.29, 1.82) is 0 Å². The van der Waals surface area contributed by atoms with Crippen molar-refractivity contribution in [3.63, 3.8) is 0 Å². The first-order valence-electron chi connectivity index (χ1n) is 15.4. The molecule has 2 aromatic rings. The summed E-state index contributed by atoms with van der Waals surface area (Å²) >= 11 is 1.00. The summed E-state index contributed by atoms with van der Waals surface area (Å²) in [4.78, 5) is 60.8. The number of thiazole rings is 1. The lowest BCUT2D eigenvalue weighted by molar-refractivity contribution is -0.179. The Morgan fingerprint density at radius 2 is 1.71 bits per heavy atom. The first-order chi connectivity index (χ1) is 22.3. The molecule has 0 aliphatic carbocycles. The Kier molecular flexibility index (Phi) is 13.0. The van der Waals surface area contributed by atoms with Gasteiger partial charge in [-0.2, -0.15) is 0 Å². The van der Waals surface area contributed by atoms with Crippen molar-refractivity contribution >= 4 is 46.1 Å². The molecule has 1 aliphatic heterocycles. The maximum Gasteiger partial charge on any atom is 0.413 e. The molecule has 0 spiro atoms. The number of aromatic nitrogens is 1. The molecule has 3 rings (SSSR count). The molecule has 3 amide bonds. The van der Waals surface area contributed by atoms with Gasteiger partial charge < -0.3 is 40.1 Å². The number of carbonyl (C=O) groups excluding carboxylic acids is 4. The lowest BCUT2D eigenvalue weighted by Crippen LogP contribution is -2.72. The molecule has 1 aromatic carbocycles. The third-order valence-electron chi connectivity index (χ3n) is 6.29. The fourth-order valence-electron chi connectivity index (χ4n) is 3.97. The topological polar surface area (TPSA) is 199 Å². The third kappa shape index (κ3) is 12.5. The van der Waals surface area contributed by atoms with Crippen LogP contribution < -0.4 is 21.3 Å². The van der Waals surface area contributed by atoms with E-state index < -0.39 is 58.9 Å². The van der Waals surface area contributed by atoms with Crippen LogP contribution in [0, 0.1) is 0 Å². The zero-order valence-electron chi connectivity index (χ0n) is 28.5. The summed E-state index contributed by atoms with van der Waals surface area (Å²) in [6, 6.07) is 8.13. The first-order valence-corrected chi connectivity index (χ1v) is 16.3.